The van der Waals surface area contributed by atoms with E-state index >= 15 is 0 Å². The Morgan fingerprint density at radius 2 is 1.89 bits per heavy atom. The van der Waals surface area contributed by atoms with Crippen LogP contribution in [0.2, 0.25) is 5.28 Å². The Hall–Kier alpha value is -1.81. The average molecular weight is 516 g/mol. The zero-order valence-electron chi connectivity index (χ0n) is 20.4. The Kier molecular flexibility index (Phi) is 8.49. The van der Waals surface area contributed by atoms with Gasteiger partial charge in [-0.15, -0.1) is 11.3 Å². The number of ether oxygens (including phenoxy) is 2. The summed E-state index contributed by atoms with van der Waals surface area (Å²) in [5.74, 6) is 0.952. The number of rotatable bonds is 9. The molecule has 2 aliphatic rings. The molecule has 0 spiro atoms. The summed E-state index contributed by atoms with van der Waals surface area (Å²) in [6, 6.07) is 13.6. The maximum atomic E-state index is 6.28. The molecule has 0 unspecified atom stereocenters. The third-order valence-corrected chi connectivity index (χ3v) is 8.23. The molecule has 0 bridgehead atoms. The molecule has 4 heterocycles. The van der Waals surface area contributed by atoms with Crippen molar-refractivity contribution < 1.29 is 9.47 Å². The molecule has 2 fully saturated rings. The summed E-state index contributed by atoms with van der Waals surface area (Å²) in [6.07, 6.45) is 2.35. The fourth-order valence-electron chi connectivity index (χ4n) is 5.08. The molecule has 0 amide bonds. The summed E-state index contributed by atoms with van der Waals surface area (Å²) in [5.41, 5.74) is 2.32. The van der Waals surface area contributed by atoms with E-state index in [1.165, 1.54) is 23.3 Å². The minimum absolute atomic E-state index is 0.318. The summed E-state index contributed by atoms with van der Waals surface area (Å²) in [5, 5.41) is 0.318. The van der Waals surface area contributed by atoms with E-state index in [1.807, 2.05) is 0 Å². The second-order valence-corrected chi connectivity index (χ2v) is 10.8. The minimum Gasteiger partial charge on any atom is -0.383 e. The molecule has 0 saturated carbocycles. The normalized spacial score (nSPS) is 18.1. The third kappa shape index (κ3) is 6.31. The molecule has 2 saturated heterocycles. The lowest BCUT2D eigenvalue weighted by Crippen LogP contribution is -2.45. The summed E-state index contributed by atoms with van der Waals surface area (Å²) in [7, 11) is 1.79. The van der Waals surface area contributed by atoms with Gasteiger partial charge in [0.2, 0.25) is 5.28 Å². The van der Waals surface area contributed by atoms with Gasteiger partial charge in [0, 0.05) is 63.8 Å². The van der Waals surface area contributed by atoms with E-state index in [0.29, 0.717) is 11.3 Å². The summed E-state index contributed by atoms with van der Waals surface area (Å²) in [4.78, 5) is 17.9. The van der Waals surface area contributed by atoms with Gasteiger partial charge in [-0.1, -0.05) is 30.3 Å². The lowest BCUT2D eigenvalue weighted by atomic mass is 10.0. The molecule has 188 valence electrons. The van der Waals surface area contributed by atoms with Crippen molar-refractivity contribution in [3.05, 3.63) is 52.1 Å². The van der Waals surface area contributed by atoms with Gasteiger partial charge in [0.25, 0.3) is 0 Å². The van der Waals surface area contributed by atoms with E-state index < -0.39 is 0 Å². The highest BCUT2D eigenvalue weighted by atomic mass is 35.5. The number of methoxy groups -OCH3 is 1. The van der Waals surface area contributed by atoms with E-state index in [-0.39, 0.29) is 0 Å². The quantitative estimate of drug-likeness (QED) is 0.394. The molecular formula is C26H34ClN5O2S. The predicted octanol–water partition coefficient (Wildman–Crippen LogP) is 4.29. The summed E-state index contributed by atoms with van der Waals surface area (Å²) >= 11 is 8.09. The summed E-state index contributed by atoms with van der Waals surface area (Å²) in [6.45, 7) is 8.99. The first kappa shape index (κ1) is 24.9. The van der Waals surface area contributed by atoms with Crippen LogP contribution in [0.5, 0.6) is 0 Å². The molecule has 0 radical (unpaired) electrons. The van der Waals surface area contributed by atoms with E-state index in [2.05, 4.69) is 61.1 Å². The van der Waals surface area contributed by atoms with Crippen molar-refractivity contribution in [2.24, 2.45) is 0 Å². The summed E-state index contributed by atoms with van der Waals surface area (Å²) < 4.78 is 12.1. The van der Waals surface area contributed by atoms with Crippen LogP contribution in [0.15, 0.2) is 36.4 Å². The van der Waals surface area contributed by atoms with Crippen molar-refractivity contribution in [1.82, 2.24) is 19.8 Å². The van der Waals surface area contributed by atoms with Gasteiger partial charge in [-0.2, -0.15) is 4.98 Å². The van der Waals surface area contributed by atoms with Crippen LogP contribution in [0, 0.1) is 0 Å². The molecule has 0 aliphatic carbocycles. The number of hydrogen-bond donors (Lipinski definition) is 0. The maximum absolute atomic E-state index is 6.28. The Bertz CT molecular complexity index is 1080. The molecule has 9 heteroatoms. The number of halogens is 1. The highest BCUT2D eigenvalue weighted by molar-refractivity contribution is 7.19. The standard InChI is InChI=1S/C26H34ClN5O2S/c1-33-14-11-32(18-20-5-3-2-4-6-20)21-7-9-30(10-8-21)19-22-17-23-24(35-22)25(29-26(27)28-23)31-12-15-34-16-13-31/h2-6,17,21H,7-16,18-19H2,1H3. The van der Waals surface area contributed by atoms with Crippen LogP contribution in [-0.2, 0) is 22.6 Å². The van der Waals surface area contributed by atoms with Gasteiger partial charge in [-0.05, 0) is 36.1 Å². The highest BCUT2D eigenvalue weighted by Gasteiger charge is 2.26. The van der Waals surface area contributed by atoms with Crippen LogP contribution in [0.25, 0.3) is 10.2 Å². The van der Waals surface area contributed by atoms with Crippen LogP contribution in [0.3, 0.4) is 0 Å². The van der Waals surface area contributed by atoms with Crippen molar-refractivity contribution in [2.75, 3.05) is 64.6 Å². The first-order valence-electron chi connectivity index (χ1n) is 12.5. The number of aromatic nitrogens is 2. The van der Waals surface area contributed by atoms with E-state index in [4.69, 9.17) is 21.1 Å². The van der Waals surface area contributed by atoms with E-state index in [9.17, 15) is 0 Å². The van der Waals surface area contributed by atoms with Crippen molar-refractivity contribution in [2.45, 2.75) is 32.0 Å². The Morgan fingerprint density at radius 3 is 2.63 bits per heavy atom. The van der Waals surface area contributed by atoms with Gasteiger partial charge in [-0.3, -0.25) is 9.80 Å². The predicted molar refractivity (Wildman–Crippen MR) is 142 cm³/mol. The molecule has 35 heavy (non-hydrogen) atoms. The van der Waals surface area contributed by atoms with Crippen LogP contribution >= 0.6 is 22.9 Å². The fourth-order valence-corrected chi connectivity index (χ4v) is 6.41. The Morgan fingerprint density at radius 1 is 1.11 bits per heavy atom. The lowest BCUT2D eigenvalue weighted by molar-refractivity contribution is 0.0720. The topological polar surface area (TPSA) is 54.0 Å². The monoisotopic (exact) mass is 515 g/mol. The molecule has 7 nitrogen and oxygen atoms in total. The molecule has 2 aliphatic heterocycles. The van der Waals surface area contributed by atoms with Crippen LogP contribution in [0.1, 0.15) is 23.3 Å². The zero-order valence-corrected chi connectivity index (χ0v) is 21.9. The number of morpholine rings is 1. The SMILES string of the molecule is COCCN(Cc1ccccc1)C1CCN(Cc2cc3nc(Cl)nc(N4CCOCC4)c3s2)CC1. The average Bonchev–Trinajstić information content (AvgIpc) is 3.29. The molecule has 1 aromatic carbocycles. The Labute approximate surface area is 216 Å². The smallest absolute Gasteiger partial charge is 0.224 e. The van der Waals surface area contributed by atoms with Crippen LogP contribution < -0.4 is 4.90 Å². The maximum Gasteiger partial charge on any atom is 0.224 e. The van der Waals surface area contributed by atoms with E-state index in [1.54, 1.807) is 18.4 Å². The second kappa shape index (κ2) is 12.0. The molecule has 3 aromatic rings. The van der Waals surface area contributed by atoms with Crippen LogP contribution in [0.4, 0.5) is 5.82 Å². The van der Waals surface area contributed by atoms with Crippen LogP contribution in [-0.4, -0.2) is 85.5 Å². The second-order valence-electron chi connectivity index (χ2n) is 9.30. The number of benzene rings is 1. The molecular weight excluding hydrogens is 482 g/mol. The van der Waals surface area contributed by atoms with Gasteiger partial charge in [0.15, 0.2) is 5.82 Å². The molecule has 2 aromatic heterocycles. The Balaban J connectivity index is 1.23. The number of piperidine rings is 1. The fraction of sp³-hybridized carbons (Fsp3) is 0.538. The first-order valence-corrected chi connectivity index (χ1v) is 13.7. The van der Waals surface area contributed by atoms with Gasteiger partial charge < -0.3 is 14.4 Å². The molecule has 0 atom stereocenters. The molecule has 5 rings (SSSR count). The molecule has 0 N–H and O–H groups in total. The minimum atomic E-state index is 0.318. The van der Waals surface area contributed by atoms with E-state index in [0.717, 1.165) is 81.7 Å². The number of nitrogens with zero attached hydrogens (tertiary/aromatic N) is 5. The number of fused-ring (bicyclic) bond motifs is 1. The van der Waals surface area contributed by atoms with Gasteiger partial charge in [0.05, 0.1) is 30.0 Å². The first-order chi connectivity index (χ1) is 17.2. The van der Waals surface area contributed by atoms with Crippen molar-refractivity contribution in [3.8, 4) is 0 Å². The highest BCUT2D eigenvalue weighted by Crippen LogP contribution is 2.34. The van der Waals surface area contributed by atoms with Gasteiger partial charge >= 0.3 is 0 Å². The number of likely N-dealkylation sites (tertiary alicyclic amines) is 1. The zero-order chi connectivity index (χ0) is 24.0. The lowest BCUT2D eigenvalue weighted by Gasteiger charge is -2.38. The number of hydrogen-bond acceptors (Lipinski definition) is 8. The number of anilines is 1. The van der Waals surface area contributed by atoms with Crippen molar-refractivity contribution in [1.29, 1.82) is 0 Å². The third-order valence-electron chi connectivity index (χ3n) is 6.95. The van der Waals surface area contributed by atoms with Crippen molar-refractivity contribution >= 4 is 39.0 Å². The largest absolute Gasteiger partial charge is 0.383 e. The van der Waals surface area contributed by atoms with Gasteiger partial charge in [0.1, 0.15) is 0 Å². The van der Waals surface area contributed by atoms with Gasteiger partial charge in [-0.25, -0.2) is 4.98 Å². The van der Waals surface area contributed by atoms with Crippen molar-refractivity contribution in [3.63, 3.8) is 0 Å². The number of thiophene rings is 1.